The molecule has 0 aliphatic rings. The van der Waals surface area contributed by atoms with Gasteiger partial charge in [0.2, 0.25) is 0 Å². The molecule has 1 aromatic rings. The van der Waals surface area contributed by atoms with Crippen molar-refractivity contribution < 1.29 is 9.53 Å². The Morgan fingerprint density at radius 1 is 1.22 bits per heavy atom. The molecule has 1 unspecified atom stereocenters. The van der Waals surface area contributed by atoms with Gasteiger partial charge >= 0.3 is 0 Å². The second kappa shape index (κ2) is 7.70. The van der Waals surface area contributed by atoms with Crippen LogP contribution in [0.25, 0.3) is 0 Å². The van der Waals surface area contributed by atoms with E-state index in [1.54, 1.807) is 0 Å². The number of benzene rings is 1. The number of halogens is 1. The number of hydrogen-bond donors (Lipinski definition) is 0. The zero-order valence-electron chi connectivity index (χ0n) is 11.3. The first-order chi connectivity index (χ1) is 8.50. The Labute approximate surface area is 118 Å². The second-order valence-electron chi connectivity index (χ2n) is 4.92. The molecule has 100 valence electrons. The highest BCUT2D eigenvalue weighted by atomic mass is 79.9. The van der Waals surface area contributed by atoms with Crippen LogP contribution in [0.5, 0.6) is 0 Å². The van der Waals surface area contributed by atoms with Crippen molar-refractivity contribution in [2.75, 3.05) is 6.61 Å². The highest BCUT2D eigenvalue weighted by molar-refractivity contribution is 9.10. The first kappa shape index (κ1) is 15.4. The van der Waals surface area contributed by atoms with E-state index in [1.807, 2.05) is 31.2 Å². The Balaban J connectivity index is 2.39. The molecule has 0 fully saturated rings. The van der Waals surface area contributed by atoms with E-state index in [2.05, 4.69) is 29.8 Å². The molecule has 0 spiro atoms. The monoisotopic (exact) mass is 312 g/mol. The average Bonchev–Trinajstić information content (AvgIpc) is 2.34. The van der Waals surface area contributed by atoms with E-state index in [0.29, 0.717) is 18.1 Å². The van der Waals surface area contributed by atoms with Gasteiger partial charge < -0.3 is 4.74 Å². The predicted molar refractivity (Wildman–Crippen MR) is 78.0 cm³/mol. The van der Waals surface area contributed by atoms with Crippen molar-refractivity contribution in [1.29, 1.82) is 0 Å². The van der Waals surface area contributed by atoms with E-state index in [-0.39, 0.29) is 11.9 Å². The van der Waals surface area contributed by atoms with Crippen molar-refractivity contribution in [3.05, 3.63) is 34.3 Å². The summed E-state index contributed by atoms with van der Waals surface area (Å²) in [5.41, 5.74) is 0.703. The maximum absolute atomic E-state index is 12.0. The minimum atomic E-state index is -0.363. The van der Waals surface area contributed by atoms with Crippen LogP contribution in [0.4, 0.5) is 0 Å². The van der Waals surface area contributed by atoms with Crippen LogP contribution in [-0.2, 0) is 4.74 Å². The molecule has 0 amide bonds. The average molecular weight is 313 g/mol. The van der Waals surface area contributed by atoms with Gasteiger partial charge in [0.1, 0.15) is 6.10 Å². The quantitative estimate of drug-likeness (QED) is 0.548. The van der Waals surface area contributed by atoms with E-state index < -0.39 is 0 Å². The van der Waals surface area contributed by atoms with Crippen molar-refractivity contribution >= 4 is 21.7 Å². The van der Waals surface area contributed by atoms with Gasteiger partial charge in [0, 0.05) is 16.6 Å². The molecule has 1 aromatic carbocycles. The lowest BCUT2D eigenvalue weighted by molar-refractivity contribution is 0.0458. The third kappa shape index (κ3) is 5.32. The van der Waals surface area contributed by atoms with E-state index >= 15 is 0 Å². The summed E-state index contributed by atoms with van der Waals surface area (Å²) in [4.78, 5) is 12.0. The summed E-state index contributed by atoms with van der Waals surface area (Å²) in [6, 6.07) is 7.39. The van der Waals surface area contributed by atoms with E-state index in [4.69, 9.17) is 4.74 Å². The fourth-order valence-corrected chi connectivity index (χ4v) is 1.94. The van der Waals surface area contributed by atoms with E-state index in [0.717, 1.165) is 17.3 Å². The molecule has 0 aliphatic heterocycles. The molecule has 0 heterocycles. The van der Waals surface area contributed by atoms with Gasteiger partial charge in [-0.25, -0.2) is 0 Å². The van der Waals surface area contributed by atoms with Gasteiger partial charge in [-0.3, -0.25) is 4.79 Å². The second-order valence-corrected chi connectivity index (χ2v) is 5.84. The van der Waals surface area contributed by atoms with Gasteiger partial charge in [0.25, 0.3) is 0 Å². The highest BCUT2D eigenvalue weighted by Crippen LogP contribution is 2.13. The highest BCUT2D eigenvalue weighted by Gasteiger charge is 2.15. The summed E-state index contributed by atoms with van der Waals surface area (Å²) in [6.45, 7) is 6.86. The van der Waals surface area contributed by atoms with Crippen molar-refractivity contribution in [3.63, 3.8) is 0 Å². The maximum Gasteiger partial charge on any atom is 0.191 e. The van der Waals surface area contributed by atoms with Crippen LogP contribution in [-0.4, -0.2) is 18.5 Å². The van der Waals surface area contributed by atoms with Crippen LogP contribution < -0.4 is 0 Å². The lowest BCUT2D eigenvalue weighted by Gasteiger charge is -2.12. The molecule has 0 saturated heterocycles. The lowest BCUT2D eigenvalue weighted by atomic mass is 10.1. The number of rotatable bonds is 7. The van der Waals surface area contributed by atoms with Crippen molar-refractivity contribution in [3.8, 4) is 0 Å². The molecule has 0 aromatic heterocycles. The van der Waals surface area contributed by atoms with Crippen LogP contribution in [0.15, 0.2) is 28.7 Å². The smallest absolute Gasteiger partial charge is 0.191 e. The van der Waals surface area contributed by atoms with Crippen LogP contribution in [0.2, 0.25) is 0 Å². The lowest BCUT2D eigenvalue weighted by Crippen LogP contribution is -2.21. The predicted octanol–water partition coefficient (Wildman–Crippen LogP) is 4.47. The topological polar surface area (TPSA) is 26.3 Å². The van der Waals surface area contributed by atoms with Crippen molar-refractivity contribution in [2.45, 2.75) is 39.7 Å². The third-order valence-electron chi connectivity index (χ3n) is 2.79. The molecule has 2 nitrogen and oxygen atoms in total. The number of carbonyl (C=O) groups is 1. The fraction of sp³-hybridized carbons (Fsp3) is 0.533. The third-order valence-corrected chi connectivity index (χ3v) is 3.32. The molecule has 0 aliphatic carbocycles. The Morgan fingerprint density at radius 2 is 1.83 bits per heavy atom. The molecule has 1 rings (SSSR count). The first-order valence-corrected chi connectivity index (χ1v) is 7.21. The van der Waals surface area contributed by atoms with Gasteiger partial charge in [-0.05, 0) is 37.8 Å². The summed E-state index contributed by atoms with van der Waals surface area (Å²) in [6.07, 6.45) is 1.78. The van der Waals surface area contributed by atoms with Gasteiger partial charge in [0.05, 0.1) is 0 Å². The zero-order chi connectivity index (χ0) is 13.5. The molecule has 18 heavy (non-hydrogen) atoms. The summed E-state index contributed by atoms with van der Waals surface area (Å²) in [5.74, 6) is 0.734. The van der Waals surface area contributed by atoms with E-state index in [1.165, 1.54) is 0 Å². The van der Waals surface area contributed by atoms with Crippen LogP contribution in [0.1, 0.15) is 44.0 Å². The molecule has 0 N–H and O–H groups in total. The molecular weight excluding hydrogens is 292 g/mol. The largest absolute Gasteiger partial charge is 0.370 e. The van der Waals surface area contributed by atoms with E-state index in [9.17, 15) is 4.79 Å². The molecule has 0 bridgehead atoms. The SMILES string of the molecule is CC(C)CCCOC(C)C(=O)c1ccc(Br)cc1. The van der Waals surface area contributed by atoms with Crippen LogP contribution >= 0.6 is 15.9 Å². The molecule has 0 saturated carbocycles. The standard InChI is InChI=1S/C15H21BrO2/c1-11(2)5-4-10-18-12(3)15(17)13-6-8-14(16)9-7-13/h6-9,11-12H,4-5,10H2,1-3H3. The van der Waals surface area contributed by atoms with Gasteiger partial charge in [-0.1, -0.05) is 41.9 Å². The Hall–Kier alpha value is -0.670. The number of ketones is 1. The maximum atomic E-state index is 12.0. The fourth-order valence-electron chi connectivity index (χ4n) is 1.68. The Morgan fingerprint density at radius 3 is 2.39 bits per heavy atom. The zero-order valence-corrected chi connectivity index (χ0v) is 12.9. The molecule has 1 atom stereocenters. The minimum Gasteiger partial charge on any atom is -0.370 e. The Bertz CT molecular complexity index is 371. The van der Waals surface area contributed by atoms with Gasteiger partial charge in [0.15, 0.2) is 5.78 Å². The number of carbonyl (C=O) groups excluding carboxylic acids is 1. The summed E-state index contributed by atoms with van der Waals surface area (Å²) in [7, 11) is 0. The number of hydrogen-bond acceptors (Lipinski definition) is 2. The summed E-state index contributed by atoms with van der Waals surface area (Å²) < 4.78 is 6.55. The van der Waals surface area contributed by atoms with Gasteiger partial charge in [-0.15, -0.1) is 0 Å². The first-order valence-electron chi connectivity index (χ1n) is 6.42. The number of ether oxygens (including phenoxy) is 1. The van der Waals surface area contributed by atoms with Crippen molar-refractivity contribution in [1.82, 2.24) is 0 Å². The van der Waals surface area contributed by atoms with Crippen LogP contribution in [0.3, 0.4) is 0 Å². The molecular formula is C15H21BrO2. The number of Topliss-reactive ketones (excluding diaryl/α,β-unsaturated/α-hetero) is 1. The van der Waals surface area contributed by atoms with Crippen LogP contribution in [0, 0.1) is 5.92 Å². The van der Waals surface area contributed by atoms with Crippen molar-refractivity contribution in [2.24, 2.45) is 5.92 Å². The minimum absolute atomic E-state index is 0.0482. The molecule has 0 radical (unpaired) electrons. The normalized spacial score (nSPS) is 12.7. The summed E-state index contributed by atoms with van der Waals surface area (Å²) in [5, 5.41) is 0. The summed E-state index contributed by atoms with van der Waals surface area (Å²) >= 11 is 3.35. The molecule has 3 heteroatoms. The Kier molecular flexibility index (Phi) is 6.58. The van der Waals surface area contributed by atoms with Gasteiger partial charge in [-0.2, -0.15) is 0 Å².